The monoisotopic (exact) mass is 108 g/mol. The molecule has 0 bridgehead atoms. The van der Waals surface area contributed by atoms with Gasteiger partial charge in [-0.05, 0) is 26.2 Å². The van der Waals surface area contributed by atoms with E-state index in [1.165, 1.54) is 30.4 Å². The summed E-state index contributed by atoms with van der Waals surface area (Å²) in [6.07, 6.45) is 5.99. The van der Waals surface area contributed by atoms with Gasteiger partial charge in [-0.25, -0.2) is 0 Å². The maximum atomic E-state index is 3.89. The van der Waals surface area contributed by atoms with E-state index in [1.54, 1.807) is 0 Å². The van der Waals surface area contributed by atoms with E-state index < -0.39 is 0 Å². The summed E-state index contributed by atoms with van der Waals surface area (Å²) in [5.41, 5.74) is 2.79. The fraction of sp³-hybridized carbons (Fsp3) is 0.500. The lowest BCUT2D eigenvalue weighted by atomic mass is 9.98. The Morgan fingerprint density at radius 3 is 2.62 bits per heavy atom. The van der Waals surface area contributed by atoms with Gasteiger partial charge in [0.05, 0.1) is 0 Å². The van der Waals surface area contributed by atoms with Gasteiger partial charge in [0.2, 0.25) is 0 Å². The normalized spacial score (nSPS) is 20.6. The Balaban J connectivity index is 2.64. The molecule has 8 heavy (non-hydrogen) atoms. The highest BCUT2D eigenvalue weighted by Crippen LogP contribution is 2.19. The van der Waals surface area contributed by atoms with E-state index in [-0.39, 0.29) is 0 Å². The van der Waals surface area contributed by atoms with Crippen molar-refractivity contribution in [2.24, 2.45) is 0 Å². The Labute approximate surface area is 50.9 Å². The van der Waals surface area contributed by atoms with Crippen LogP contribution in [0.25, 0.3) is 0 Å². The van der Waals surface area contributed by atoms with Gasteiger partial charge < -0.3 is 0 Å². The molecule has 0 radical (unpaired) electrons. The van der Waals surface area contributed by atoms with Gasteiger partial charge in [-0.15, -0.1) is 0 Å². The van der Waals surface area contributed by atoms with Crippen LogP contribution in [0.2, 0.25) is 0 Å². The van der Waals surface area contributed by atoms with Gasteiger partial charge in [0, 0.05) is 0 Å². The van der Waals surface area contributed by atoms with E-state index in [4.69, 9.17) is 0 Å². The molecule has 0 unspecified atom stereocenters. The molecule has 0 aromatic heterocycles. The van der Waals surface area contributed by atoms with Crippen LogP contribution >= 0.6 is 0 Å². The van der Waals surface area contributed by atoms with E-state index in [9.17, 15) is 0 Å². The van der Waals surface area contributed by atoms with Gasteiger partial charge in [0.15, 0.2) is 0 Å². The predicted octanol–water partition coefficient (Wildman–Crippen LogP) is 2.67. The van der Waals surface area contributed by atoms with Crippen molar-refractivity contribution >= 4 is 0 Å². The predicted molar refractivity (Wildman–Crippen MR) is 36.7 cm³/mol. The largest absolute Gasteiger partial charge is 0.0958 e. The van der Waals surface area contributed by atoms with Crippen molar-refractivity contribution in [1.29, 1.82) is 0 Å². The minimum Gasteiger partial charge on any atom is -0.0958 e. The highest BCUT2D eigenvalue weighted by Gasteiger charge is 1.99. The fourth-order valence-corrected chi connectivity index (χ4v) is 1.09. The van der Waals surface area contributed by atoms with E-state index in [0.717, 1.165) is 0 Å². The highest BCUT2D eigenvalue weighted by molar-refractivity contribution is 5.22. The summed E-state index contributed by atoms with van der Waals surface area (Å²) in [5, 5.41) is 0. The smallest absolute Gasteiger partial charge is 0.0282 e. The highest BCUT2D eigenvalue weighted by atomic mass is 14.1. The Morgan fingerprint density at radius 1 is 1.50 bits per heavy atom. The second-order valence-corrected chi connectivity index (χ2v) is 2.50. The number of rotatable bonds is 0. The Hall–Kier alpha value is -0.520. The maximum Gasteiger partial charge on any atom is -0.0282 e. The molecule has 0 fully saturated rings. The fourth-order valence-electron chi connectivity index (χ4n) is 1.09. The number of hydrogen-bond acceptors (Lipinski definition) is 0. The molecular weight excluding hydrogens is 96.1 g/mol. The van der Waals surface area contributed by atoms with Crippen LogP contribution in [-0.2, 0) is 0 Å². The summed E-state index contributed by atoms with van der Waals surface area (Å²) in [7, 11) is 0. The lowest BCUT2D eigenvalue weighted by Crippen LogP contribution is -1.88. The molecule has 44 valence electrons. The molecule has 0 aliphatic heterocycles. The van der Waals surface area contributed by atoms with Crippen molar-refractivity contribution in [2.45, 2.75) is 26.2 Å². The van der Waals surface area contributed by atoms with Crippen molar-refractivity contribution in [3.63, 3.8) is 0 Å². The van der Waals surface area contributed by atoms with Crippen molar-refractivity contribution in [1.82, 2.24) is 0 Å². The third-order valence-electron chi connectivity index (χ3n) is 1.52. The van der Waals surface area contributed by atoms with Crippen molar-refractivity contribution in [3.05, 3.63) is 23.8 Å². The molecular formula is C8H12. The average molecular weight is 108 g/mol. The first kappa shape index (κ1) is 5.61. The van der Waals surface area contributed by atoms with Crippen LogP contribution < -0.4 is 0 Å². The van der Waals surface area contributed by atoms with Crippen molar-refractivity contribution in [3.8, 4) is 0 Å². The standard InChI is InChI=1S/C8H12/c1-7-4-3-5-8(2)6-7/h6H,1,3-5H2,2H3. The van der Waals surface area contributed by atoms with Crippen LogP contribution in [0.5, 0.6) is 0 Å². The van der Waals surface area contributed by atoms with Gasteiger partial charge in [0.25, 0.3) is 0 Å². The molecule has 0 aromatic carbocycles. The minimum atomic E-state index is 1.21. The van der Waals surface area contributed by atoms with Gasteiger partial charge in [-0.3, -0.25) is 0 Å². The zero-order valence-corrected chi connectivity index (χ0v) is 5.41. The average Bonchev–Trinajstić information content (AvgIpc) is 1.64. The summed E-state index contributed by atoms with van der Waals surface area (Å²) >= 11 is 0. The summed E-state index contributed by atoms with van der Waals surface area (Å²) < 4.78 is 0. The lowest BCUT2D eigenvalue weighted by molar-refractivity contribution is 0.786. The topological polar surface area (TPSA) is 0 Å². The van der Waals surface area contributed by atoms with Gasteiger partial charge in [-0.2, -0.15) is 0 Å². The molecule has 0 atom stereocenters. The zero-order chi connectivity index (χ0) is 5.98. The first-order valence-electron chi connectivity index (χ1n) is 3.14. The second kappa shape index (κ2) is 2.17. The quantitative estimate of drug-likeness (QED) is 0.447. The summed E-state index contributed by atoms with van der Waals surface area (Å²) in [6.45, 7) is 6.06. The van der Waals surface area contributed by atoms with Crippen LogP contribution in [-0.4, -0.2) is 0 Å². The van der Waals surface area contributed by atoms with Crippen LogP contribution in [0.4, 0.5) is 0 Å². The van der Waals surface area contributed by atoms with Crippen LogP contribution in [0.15, 0.2) is 23.8 Å². The summed E-state index contributed by atoms with van der Waals surface area (Å²) in [4.78, 5) is 0. The first-order valence-corrected chi connectivity index (χ1v) is 3.14. The van der Waals surface area contributed by atoms with Crippen molar-refractivity contribution < 1.29 is 0 Å². The molecule has 0 aromatic rings. The van der Waals surface area contributed by atoms with E-state index in [1.807, 2.05) is 0 Å². The van der Waals surface area contributed by atoms with E-state index >= 15 is 0 Å². The summed E-state index contributed by atoms with van der Waals surface area (Å²) in [6, 6.07) is 0. The Bertz CT molecular complexity index is 129. The third kappa shape index (κ3) is 1.22. The van der Waals surface area contributed by atoms with E-state index in [0.29, 0.717) is 0 Å². The maximum absolute atomic E-state index is 3.89. The van der Waals surface area contributed by atoms with Gasteiger partial charge in [-0.1, -0.05) is 23.8 Å². The molecule has 0 saturated heterocycles. The second-order valence-electron chi connectivity index (χ2n) is 2.50. The molecule has 1 aliphatic carbocycles. The molecule has 0 amide bonds. The van der Waals surface area contributed by atoms with Crippen LogP contribution in [0, 0.1) is 0 Å². The molecule has 0 nitrogen and oxygen atoms in total. The molecule has 0 spiro atoms. The Morgan fingerprint density at radius 2 is 2.25 bits per heavy atom. The summed E-state index contributed by atoms with van der Waals surface area (Å²) in [5.74, 6) is 0. The molecule has 0 heteroatoms. The number of allylic oxidation sites excluding steroid dienone is 3. The SMILES string of the molecule is C=C1C=C(C)CCC1. The molecule has 1 rings (SSSR count). The zero-order valence-electron chi connectivity index (χ0n) is 5.41. The van der Waals surface area contributed by atoms with Crippen molar-refractivity contribution in [2.75, 3.05) is 0 Å². The Kier molecular flexibility index (Phi) is 1.52. The van der Waals surface area contributed by atoms with Crippen LogP contribution in [0.3, 0.4) is 0 Å². The molecule has 0 saturated carbocycles. The lowest BCUT2D eigenvalue weighted by Gasteiger charge is -2.08. The van der Waals surface area contributed by atoms with Gasteiger partial charge in [0.1, 0.15) is 0 Å². The van der Waals surface area contributed by atoms with E-state index in [2.05, 4.69) is 19.6 Å². The van der Waals surface area contributed by atoms with Crippen LogP contribution in [0.1, 0.15) is 26.2 Å². The third-order valence-corrected chi connectivity index (χ3v) is 1.52. The molecule has 0 heterocycles. The molecule has 1 aliphatic rings. The number of hydrogen-bond donors (Lipinski definition) is 0. The molecule has 0 N–H and O–H groups in total. The first-order chi connectivity index (χ1) is 3.79. The minimum absolute atomic E-state index is 1.21. The van der Waals surface area contributed by atoms with Gasteiger partial charge >= 0.3 is 0 Å².